The molecule has 0 saturated carbocycles. The van der Waals surface area contributed by atoms with E-state index in [4.69, 9.17) is 29.6 Å². The number of azide groups is 1. The minimum absolute atomic E-state index is 0.112. The molecular weight excluding hydrogens is 404 g/mol. The molecule has 4 N–H and O–H groups in total. The zero-order valence-electron chi connectivity index (χ0n) is 16.7. The van der Waals surface area contributed by atoms with Gasteiger partial charge in [-0.2, -0.15) is 0 Å². The Hall–Kier alpha value is -2.15. The fraction of sp³-hybridized carbons (Fsp3) is 0.882. The fourth-order valence-electron chi connectivity index (χ4n) is 3.51. The van der Waals surface area contributed by atoms with Crippen LogP contribution in [0.25, 0.3) is 10.4 Å². The van der Waals surface area contributed by atoms with Gasteiger partial charge in [-0.05, 0) is 18.4 Å². The van der Waals surface area contributed by atoms with E-state index in [9.17, 15) is 19.8 Å². The number of aliphatic hydroxyl groups is 3. The van der Waals surface area contributed by atoms with Crippen molar-refractivity contribution in [1.82, 2.24) is 5.32 Å². The smallest absolute Gasteiger partial charge is 0.407 e. The van der Waals surface area contributed by atoms with Crippen molar-refractivity contribution in [3.05, 3.63) is 10.4 Å². The van der Waals surface area contributed by atoms with E-state index in [1.165, 1.54) is 0 Å². The molecule has 13 heteroatoms. The van der Waals surface area contributed by atoms with Crippen LogP contribution >= 0.6 is 0 Å². The second kappa shape index (κ2) is 11.3. The lowest BCUT2D eigenvalue weighted by molar-refractivity contribution is -0.307. The topological polar surface area (TPSA) is 193 Å². The van der Waals surface area contributed by atoms with Gasteiger partial charge in [0.15, 0.2) is 0 Å². The van der Waals surface area contributed by atoms with E-state index in [2.05, 4.69) is 15.3 Å². The monoisotopic (exact) mass is 432 g/mol. The number of carbonyl (C=O) groups is 2. The molecule has 0 aromatic heterocycles. The number of nitrogens with zero attached hydrogens (tertiary/aromatic N) is 3. The predicted octanol–water partition coefficient (Wildman–Crippen LogP) is -0.277. The average molecular weight is 432 g/mol. The molecule has 30 heavy (non-hydrogen) atoms. The van der Waals surface area contributed by atoms with E-state index in [0.717, 1.165) is 26.4 Å². The van der Waals surface area contributed by atoms with Crippen molar-refractivity contribution in [2.24, 2.45) is 5.11 Å². The van der Waals surface area contributed by atoms with Crippen LogP contribution in [0.2, 0.25) is 0 Å². The summed E-state index contributed by atoms with van der Waals surface area (Å²) in [5, 5.41) is 35.3. The quantitative estimate of drug-likeness (QED) is 0.105. The van der Waals surface area contributed by atoms with Crippen LogP contribution in [0.15, 0.2) is 5.11 Å². The number of aliphatic hydroxyl groups excluding tert-OH is 3. The fourth-order valence-corrected chi connectivity index (χ4v) is 3.51. The summed E-state index contributed by atoms with van der Waals surface area (Å²) >= 11 is 0. The molecule has 1 amide bonds. The molecule has 0 spiro atoms. The van der Waals surface area contributed by atoms with Crippen molar-refractivity contribution in [2.75, 3.05) is 26.9 Å². The van der Waals surface area contributed by atoms with E-state index >= 15 is 0 Å². The van der Waals surface area contributed by atoms with E-state index < -0.39 is 54.9 Å². The van der Waals surface area contributed by atoms with Gasteiger partial charge < -0.3 is 39.6 Å². The van der Waals surface area contributed by atoms with Gasteiger partial charge in [-0.1, -0.05) is 18.0 Å². The van der Waals surface area contributed by atoms with Crippen molar-refractivity contribution in [3.8, 4) is 0 Å². The minimum Gasteiger partial charge on any atom is -0.465 e. The molecule has 2 heterocycles. The molecular formula is C17H28N4O9. The summed E-state index contributed by atoms with van der Waals surface area (Å²) in [5.41, 5.74) is 8.24. The van der Waals surface area contributed by atoms with Crippen LogP contribution in [0, 0.1) is 0 Å². The third kappa shape index (κ3) is 5.72. The number of hydrogen-bond donors (Lipinski definition) is 4. The summed E-state index contributed by atoms with van der Waals surface area (Å²) in [7, 11) is 1.14. The molecule has 170 valence electrons. The Kier molecular flexibility index (Phi) is 9.08. The van der Waals surface area contributed by atoms with Crippen LogP contribution in [0.1, 0.15) is 32.1 Å². The zero-order valence-corrected chi connectivity index (χ0v) is 16.7. The molecule has 0 radical (unpaired) electrons. The number of unbranched alkanes of at least 4 members (excludes halogenated alkanes) is 3. The number of fused-ring (bicyclic) bond motifs is 1. The number of carbonyl (C=O) groups excluding carboxylic acids is 2. The van der Waals surface area contributed by atoms with Crippen LogP contribution in [0.3, 0.4) is 0 Å². The van der Waals surface area contributed by atoms with Crippen molar-refractivity contribution >= 4 is 12.1 Å². The van der Waals surface area contributed by atoms with Gasteiger partial charge in [0.05, 0.1) is 32.8 Å². The van der Waals surface area contributed by atoms with E-state index in [-0.39, 0.29) is 13.0 Å². The van der Waals surface area contributed by atoms with Gasteiger partial charge in [-0.25, -0.2) is 9.59 Å². The molecule has 6 atom stereocenters. The van der Waals surface area contributed by atoms with Crippen LogP contribution in [-0.4, -0.2) is 90.5 Å². The molecule has 2 aliphatic rings. The van der Waals surface area contributed by atoms with Crippen LogP contribution in [0.4, 0.5) is 4.79 Å². The minimum atomic E-state index is -1.95. The summed E-state index contributed by atoms with van der Waals surface area (Å²) in [4.78, 5) is 26.9. The molecule has 0 aliphatic carbocycles. The molecule has 0 bridgehead atoms. The number of rotatable bonds is 12. The van der Waals surface area contributed by atoms with Gasteiger partial charge in [-0.3, -0.25) is 0 Å². The molecule has 2 aliphatic heterocycles. The molecule has 0 aromatic carbocycles. The van der Waals surface area contributed by atoms with Crippen molar-refractivity contribution in [3.63, 3.8) is 0 Å². The third-order valence-corrected chi connectivity index (χ3v) is 5.06. The molecule has 2 rings (SSSR count). The lowest BCUT2D eigenvalue weighted by Gasteiger charge is -2.44. The highest BCUT2D eigenvalue weighted by Gasteiger charge is 2.59. The first-order valence-electron chi connectivity index (χ1n) is 9.73. The van der Waals surface area contributed by atoms with Crippen LogP contribution < -0.4 is 5.32 Å². The summed E-state index contributed by atoms with van der Waals surface area (Å²) in [6, 6.07) is -0.851. The predicted molar refractivity (Wildman–Crippen MR) is 99.0 cm³/mol. The van der Waals surface area contributed by atoms with Crippen LogP contribution in [-0.2, 0) is 23.7 Å². The Bertz CT molecular complexity index is 645. The number of amides is 1. The van der Waals surface area contributed by atoms with Crippen molar-refractivity contribution in [2.45, 2.75) is 68.3 Å². The van der Waals surface area contributed by atoms with E-state index in [1.807, 2.05) is 0 Å². The SMILES string of the molecule is COC(=O)C1(OCCCCCCN=[N+]=[N-])C[C@H]2OC(=O)NC2[C@H]([C@H](O)[C@H](O)CO)O1. The summed E-state index contributed by atoms with van der Waals surface area (Å²) in [6.07, 6.45) is -3.46. The molecule has 2 unspecified atom stereocenters. The number of ether oxygens (including phenoxy) is 4. The van der Waals surface area contributed by atoms with Gasteiger partial charge in [-0.15, -0.1) is 0 Å². The van der Waals surface area contributed by atoms with Crippen LogP contribution in [0.5, 0.6) is 0 Å². The van der Waals surface area contributed by atoms with Gasteiger partial charge >= 0.3 is 12.1 Å². The maximum atomic E-state index is 12.5. The molecule has 2 saturated heterocycles. The van der Waals surface area contributed by atoms with E-state index in [1.54, 1.807) is 0 Å². The number of methoxy groups -OCH3 is 1. The number of nitrogens with one attached hydrogen (secondary N) is 1. The van der Waals surface area contributed by atoms with Gasteiger partial charge in [0.2, 0.25) is 0 Å². The van der Waals surface area contributed by atoms with E-state index in [0.29, 0.717) is 13.0 Å². The van der Waals surface area contributed by atoms with Crippen molar-refractivity contribution < 1.29 is 43.9 Å². The van der Waals surface area contributed by atoms with Crippen molar-refractivity contribution in [1.29, 1.82) is 0 Å². The molecule has 0 aromatic rings. The van der Waals surface area contributed by atoms with Gasteiger partial charge in [0, 0.05) is 11.5 Å². The largest absolute Gasteiger partial charge is 0.465 e. The normalized spacial score (nSPS) is 29.7. The zero-order chi connectivity index (χ0) is 22.1. The summed E-state index contributed by atoms with van der Waals surface area (Å²) < 4.78 is 21.5. The lowest BCUT2D eigenvalue weighted by atomic mass is 9.89. The van der Waals surface area contributed by atoms with Gasteiger partial charge in [0.1, 0.15) is 24.4 Å². The second-order valence-electron chi connectivity index (χ2n) is 7.10. The van der Waals surface area contributed by atoms with Gasteiger partial charge in [0.25, 0.3) is 5.79 Å². The third-order valence-electron chi connectivity index (χ3n) is 5.06. The first-order chi connectivity index (χ1) is 14.4. The number of esters is 1. The number of hydrogen-bond acceptors (Lipinski definition) is 10. The highest BCUT2D eigenvalue weighted by atomic mass is 16.7. The Morgan fingerprint density at radius 1 is 1.40 bits per heavy atom. The molecule has 2 fully saturated rings. The Morgan fingerprint density at radius 3 is 2.80 bits per heavy atom. The molecule has 13 nitrogen and oxygen atoms in total. The Labute approximate surface area is 172 Å². The summed E-state index contributed by atoms with van der Waals surface area (Å²) in [6.45, 7) is -0.239. The lowest BCUT2D eigenvalue weighted by Crippen LogP contribution is -2.65. The standard InChI is InChI=1S/C17H28N4O9/c1-27-15(25)17(28-7-5-3-2-4-6-19-21-18)8-11-12(20-16(26)29-11)14(30-17)13(24)10(23)9-22/h10-14,22-24H,2-9H2,1H3,(H,20,26)/t10-,11-,12?,13-,14-,17?/m1/s1. The highest BCUT2D eigenvalue weighted by molar-refractivity contribution is 5.79. The Morgan fingerprint density at radius 2 is 2.13 bits per heavy atom. The number of alkyl carbamates (subject to hydrolysis) is 1. The Balaban J connectivity index is 2.07. The highest BCUT2D eigenvalue weighted by Crippen LogP contribution is 2.37. The second-order valence-corrected chi connectivity index (χ2v) is 7.10. The first-order valence-corrected chi connectivity index (χ1v) is 9.73. The average Bonchev–Trinajstić information content (AvgIpc) is 3.12. The first kappa shape index (κ1) is 24.1. The maximum Gasteiger partial charge on any atom is 0.407 e. The maximum absolute atomic E-state index is 12.5. The summed E-state index contributed by atoms with van der Waals surface area (Å²) in [5.74, 6) is -2.82.